The van der Waals surface area contributed by atoms with Gasteiger partial charge in [-0.25, -0.2) is 8.42 Å². The SMILES string of the molecule is COc1cc(OC)c2c(c1)N(S(=O)(=O)c1cccc(C)c1)CCC2. The van der Waals surface area contributed by atoms with Crippen molar-refractivity contribution < 1.29 is 17.9 Å². The summed E-state index contributed by atoms with van der Waals surface area (Å²) in [5, 5.41) is 0. The van der Waals surface area contributed by atoms with E-state index in [9.17, 15) is 8.42 Å². The summed E-state index contributed by atoms with van der Waals surface area (Å²) in [6, 6.07) is 10.5. The number of hydrogen-bond donors (Lipinski definition) is 0. The Labute approximate surface area is 142 Å². The fourth-order valence-corrected chi connectivity index (χ4v) is 4.68. The second-order valence-electron chi connectivity index (χ2n) is 5.82. The van der Waals surface area contributed by atoms with Crippen LogP contribution in [0.3, 0.4) is 0 Å². The van der Waals surface area contributed by atoms with E-state index in [1.807, 2.05) is 13.0 Å². The van der Waals surface area contributed by atoms with Gasteiger partial charge in [-0.3, -0.25) is 4.31 Å². The second kappa shape index (κ2) is 6.36. The van der Waals surface area contributed by atoms with Crippen molar-refractivity contribution in [3.05, 3.63) is 47.5 Å². The van der Waals surface area contributed by atoms with Crippen molar-refractivity contribution in [3.63, 3.8) is 0 Å². The summed E-state index contributed by atoms with van der Waals surface area (Å²) < 4.78 is 38.5. The van der Waals surface area contributed by atoms with E-state index in [-0.39, 0.29) is 0 Å². The molecule has 0 aromatic heterocycles. The fraction of sp³-hybridized carbons (Fsp3) is 0.333. The molecular formula is C18H21NO4S. The lowest BCUT2D eigenvalue weighted by Gasteiger charge is -2.31. The van der Waals surface area contributed by atoms with Crippen LogP contribution in [-0.4, -0.2) is 29.2 Å². The van der Waals surface area contributed by atoms with E-state index in [4.69, 9.17) is 9.47 Å². The number of aryl methyl sites for hydroxylation is 1. The van der Waals surface area contributed by atoms with Crippen LogP contribution < -0.4 is 13.8 Å². The van der Waals surface area contributed by atoms with Crippen molar-refractivity contribution in [1.82, 2.24) is 0 Å². The molecule has 1 aliphatic rings. The normalized spacial score (nSPS) is 14.2. The zero-order valence-electron chi connectivity index (χ0n) is 14.1. The summed E-state index contributed by atoms with van der Waals surface area (Å²) in [6.07, 6.45) is 1.53. The fourth-order valence-electron chi connectivity index (χ4n) is 3.05. The van der Waals surface area contributed by atoms with E-state index in [1.54, 1.807) is 44.6 Å². The molecule has 0 atom stereocenters. The highest BCUT2D eigenvalue weighted by atomic mass is 32.2. The maximum Gasteiger partial charge on any atom is 0.264 e. The summed E-state index contributed by atoms with van der Waals surface area (Å²) in [6.45, 7) is 2.33. The first-order valence-corrected chi connectivity index (χ1v) is 9.25. The molecule has 0 unspecified atom stereocenters. The van der Waals surface area contributed by atoms with Crippen molar-refractivity contribution >= 4 is 15.7 Å². The minimum Gasteiger partial charge on any atom is -0.497 e. The molecule has 1 aliphatic heterocycles. The molecule has 0 radical (unpaired) electrons. The van der Waals surface area contributed by atoms with Crippen molar-refractivity contribution in [2.45, 2.75) is 24.7 Å². The number of benzene rings is 2. The van der Waals surface area contributed by atoms with Gasteiger partial charge >= 0.3 is 0 Å². The molecule has 0 N–H and O–H groups in total. The van der Waals surface area contributed by atoms with Gasteiger partial charge in [-0.15, -0.1) is 0 Å². The molecule has 24 heavy (non-hydrogen) atoms. The van der Waals surface area contributed by atoms with Crippen LogP contribution in [0.4, 0.5) is 5.69 Å². The Morgan fingerprint density at radius 3 is 2.54 bits per heavy atom. The second-order valence-corrected chi connectivity index (χ2v) is 7.69. The molecule has 0 saturated heterocycles. The molecule has 128 valence electrons. The van der Waals surface area contributed by atoms with Gasteiger partial charge in [-0.2, -0.15) is 0 Å². The van der Waals surface area contributed by atoms with Crippen LogP contribution >= 0.6 is 0 Å². The number of rotatable bonds is 4. The first-order chi connectivity index (χ1) is 11.5. The van der Waals surface area contributed by atoms with E-state index in [0.717, 1.165) is 24.0 Å². The third kappa shape index (κ3) is 2.82. The van der Waals surface area contributed by atoms with Gasteiger partial charge in [-0.1, -0.05) is 12.1 Å². The quantitative estimate of drug-likeness (QED) is 0.852. The molecule has 2 aromatic carbocycles. The highest BCUT2D eigenvalue weighted by Gasteiger charge is 2.31. The van der Waals surface area contributed by atoms with E-state index in [0.29, 0.717) is 28.6 Å². The van der Waals surface area contributed by atoms with E-state index < -0.39 is 10.0 Å². The molecule has 6 heteroatoms. The van der Waals surface area contributed by atoms with Gasteiger partial charge in [0, 0.05) is 24.2 Å². The Kier molecular flexibility index (Phi) is 4.41. The largest absolute Gasteiger partial charge is 0.497 e. The monoisotopic (exact) mass is 347 g/mol. The number of nitrogens with zero attached hydrogens (tertiary/aromatic N) is 1. The number of sulfonamides is 1. The average Bonchev–Trinajstić information content (AvgIpc) is 2.60. The molecule has 0 amide bonds. The standard InChI is InChI=1S/C18H21NO4S/c1-13-6-4-7-15(10-13)24(20,21)19-9-5-8-16-17(19)11-14(22-2)12-18(16)23-3/h4,6-7,10-12H,5,8-9H2,1-3H3. The Morgan fingerprint density at radius 1 is 1.08 bits per heavy atom. The zero-order chi connectivity index (χ0) is 17.3. The molecule has 5 nitrogen and oxygen atoms in total. The third-order valence-electron chi connectivity index (χ3n) is 4.25. The predicted octanol–water partition coefficient (Wildman–Crippen LogP) is 3.15. The minimum atomic E-state index is -3.63. The lowest BCUT2D eigenvalue weighted by Crippen LogP contribution is -2.35. The van der Waals surface area contributed by atoms with Crippen LogP contribution in [-0.2, 0) is 16.4 Å². The number of methoxy groups -OCH3 is 2. The molecule has 3 rings (SSSR count). The molecule has 0 fully saturated rings. The van der Waals surface area contributed by atoms with Crippen LogP contribution in [0.2, 0.25) is 0 Å². The van der Waals surface area contributed by atoms with Crippen molar-refractivity contribution in [3.8, 4) is 11.5 Å². The maximum atomic E-state index is 13.1. The number of fused-ring (bicyclic) bond motifs is 1. The Hall–Kier alpha value is -2.21. The third-order valence-corrected chi connectivity index (χ3v) is 6.06. The molecule has 0 saturated carbocycles. The molecule has 0 spiro atoms. The zero-order valence-corrected chi connectivity index (χ0v) is 14.9. The van der Waals surface area contributed by atoms with Crippen LogP contribution in [0.25, 0.3) is 0 Å². The number of ether oxygens (including phenoxy) is 2. The maximum absolute atomic E-state index is 13.1. The molecular weight excluding hydrogens is 326 g/mol. The van der Waals surface area contributed by atoms with Crippen molar-refractivity contribution in [1.29, 1.82) is 0 Å². The van der Waals surface area contributed by atoms with Gasteiger partial charge in [0.1, 0.15) is 11.5 Å². The molecule has 0 bridgehead atoms. The molecule has 1 heterocycles. The Balaban J connectivity index is 2.15. The first-order valence-electron chi connectivity index (χ1n) is 7.81. The summed E-state index contributed by atoms with van der Waals surface area (Å²) >= 11 is 0. The van der Waals surface area contributed by atoms with Gasteiger partial charge in [0.15, 0.2) is 0 Å². The van der Waals surface area contributed by atoms with Gasteiger partial charge in [-0.05, 0) is 37.5 Å². The van der Waals surface area contributed by atoms with E-state index in [2.05, 4.69) is 0 Å². The van der Waals surface area contributed by atoms with E-state index in [1.165, 1.54) is 4.31 Å². The first kappa shape index (κ1) is 16.6. The Morgan fingerprint density at radius 2 is 1.88 bits per heavy atom. The summed E-state index contributed by atoms with van der Waals surface area (Å²) in [5.41, 5.74) is 2.45. The molecule has 2 aromatic rings. The number of anilines is 1. The molecule has 0 aliphatic carbocycles. The van der Waals surface area contributed by atoms with Gasteiger partial charge < -0.3 is 9.47 Å². The minimum absolute atomic E-state index is 0.303. The van der Waals surface area contributed by atoms with Crippen LogP contribution in [0.15, 0.2) is 41.3 Å². The van der Waals surface area contributed by atoms with Gasteiger partial charge in [0.25, 0.3) is 10.0 Å². The highest BCUT2D eigenvalue weighted by molar-refractivity contribution is 7.92. The topological polar surface area (TPSA) is 55.8 Å². The highest BCUT2D eigenvalue weighted by Crippen LogP contribution is 2.40. The predicted molar refractivity (Wildman–Crippen MR) is 93.6 cm³/mol. The summed E-state index contributed by atoms with van der Waals surface area (Å²) in [4.78, 5) is 0.303. The lowest BCUT2D eigenvalue weighted by atomic mass is 10.0. The van der Waals surface area contributed by atoms with Crippen LogP contribution in [0.1, 0.15) is 17.5 Å². The van der Waals surface area contributed by atoms with Crippen LogP contribution in [0.5, 0.6) is 11.5 Å². The van der Waals surface area contributed by atoms with Gasteiger partial charge in [0.05, 0.1) is 24.8 Å². The lowest BCUT2D eigenvalue weighted by molar-refractivity contribution is 0.390. The van der Waals surface area contributed by atoms with Crippen molar-refractivity contribution in [2.75, 3.05) is 25.1 Å². The summed E-state index contributed by atoms with van der Waals surface area (Å²) in [5.74, 6) is 1.24. The van der Waals surface area contributed by atoms with Crippen molar-refractivity contribution in [2.24, 2.45) is 0 Å². The number of hydrogen-bond acceptors (Lipinski definition) is 4. The van der Waals surface area contributed by atoms with Gasteiger partial charge in [0.2, 0.25) is 0 Å². The Bertz CT molecular complexity index is 861. The smallest absolute Gasteiger partial charge is 0.264 e. The van der Waals surface area contributed by atoms with Crippen LogP contribution in [0, 0.1) is 6.92 Å². The van der Waals surface area contributed by atoms with E-state index >= 15 is 0 Å². The summed E-state index contributed by atoms with van der Waals surface area (Å²) in [7, 11) is -0.480. The average molecular weight is 347 g/mol.